The first kappa shape index (κ1) is 14.4. The van der Waals surface area contributed by atoms with E-state index in [0.717, 1.165) is 4.31 Å². The summed E-state index contributed by atoms with van der Waals surface area (Å²) in [6, 6.07) is 6.20. The summed E-state index contributed by atoms with van der Waals surface area (Å²) in [5.41, 5.74) is -0.103. The molecule has 0 amide bonds. The second kappa shape index (κ2) is 4.82. The number of fused-ring (bicyclic) bond motifs is 1. The van der Waals surface area contributed by atoms with Crippen LogP contribution < -0.4 is 0 Å². The van der Waals surface area contributed by atoms with Gasteiger partial charge in [-0.3, -0.25) is 4.31 Å². The molecule has 108 valence electrons. The van der Waals surface area contributed by atoms with Gasteiger partial charge in [-0.05, 0) is 26.0 Å². The molecule has 6 nitrogen and oxygen atoms in total. The molecular formula is C13H15NO5S. The molecule has 1 aliphatic heterocycles. The van der Waals surface area contributed by atoms with Crippen molar-refractivity contribution in [3.05, 3.63) is 35.5 Å². The van der Waals surface area contributed by atoms with Crippen LogP contribution in [-0.2, 0) is 19.6 Å². The van der Waals surface area contributed by atoms with Crippen LogP contribution in [0.25, 0.3) is 5.76 Å². The van der Waals surface area contributed by atoms with E-state index >= 15 is 0 Å². The van der Waals surface area contributed by atoms with Gasteiger partial charge in [0, 0.05) is 12.6 Å². The summed E-state index contributed by atoms with van der Waals surface area (Å²) in [6.07, 6.45) is -0.276. The lowest BCUT2D eigenvalue weighted by Gasteiger charge is -2.30. The number of benzene rings is 1. The topological polar surface area (TPSA) is 83.9 Å². The summed E-state index contributed by atoms with van der Waals surface area (Å²) in [6.45, 7) is 3.50. The fourth-order valence-corrected chi connectivity index (χ4v) is 3.39. The predicted molar refractivity (Wildman–Crippen MR) is 72.2 cm³/mol. The summed E-state index contributed by atoms with van der Waals surface area (Å²) >= 11 is 0. The van der Waals surface area contributed by atoms with Crippen LogP contribution in [-0.4, -0.2) is 37.0 Å². The molecule has 1 N–H and O–H groups in total. The van der Waals surface area contributed by atoms with E-state index in [9.17, 15) is 18.3 Å². The highest BCUT2D eigenvalue weighted by molar-refractivity contribution is 7.89. The van der Waals surface area contributed by atoms with Crippen LogP contribution in [0.2, 0.25) is 0 Å². The Morgan fingerprint density at radius 2 is 1.90 bits per heavy atom. The maximum Gasteiger partial charge on any atom is 0.357 e. The third-order valence-electron chi connectivity index (χ3n) is 2.86. The van der Waals surface area contributed by atoms with E-state index in [2.05, 4.69) is 0 Å². The molecule has 2 rings (SSSR count). The lowest BCUT2D eigenvalue weighted by Crippen LogP contribution is -2.35. The third-order valence-corrected chi connectivity index (χ3v) is 4.67. The second-order valence-corrected chi connectivity index (χ2v) is 6.56. The number of sulfonamides is 1. The number of carbonyl (C=O) groups is 1. The molecule has 0 unspecified atom stereocenters. The zero-order valence-corrected chi connectivity index (χ0v) is 12.1. The molecular weight excluding hydrogens is 282 g/mol. The van der Waals surface area contributed by atoms with E-state index in [1.807, 2.05) is 0 Å². The van der Waals surface area contributed by atoms with Gasteiger partial charge in [0.2, 0.25) is 0 Å². The molecule has 0 saturated carbocycles. The quantitative estimate of drug-likeness (QED) is 0.914. The fraction of sp³-hybridized carbons (Fsp3) is 0.308. The average Bonchev–Trinajstić information content (AvgIpc) is 2.35. The zero-order valence-electron chi connectivity index (χ0n) is 11.3. The highest BCUT2D eigenvalue weighted by Gasteiger charge is 2.38. The number of rotatable bonds is 3. The molecule has 0 saturated heterocycles. The van der Waals surface area contributed by atoms with E-state index in [1.54, 1.807) is 32.0 Å². The van der Waals surface area contributed by atoms with Crippen LogP contribution in [0, 0.1) is 0 Å². The first-order valence-electron chi connectivity index (χ1n) is 5.99. The van der Waals surface area contributed by atoms with Crippen molar-refractivity contribution in [2.75, 3.05) is 7.05 Å². The fourth-order valence-electron chi connectivity index (χ4n) is 2.00. The van der Waals surface area contributed by atoms with E-state index < -0.39 is 16.0 Å². The summed E-state index contributed by atoms with van der Waals surface area (Å²) < 4.78 is 30.9. The SMILES string of the molecule is CC(C)OC1=C(C(=O)O)N(C)S(=O)(=O)c2ccccc21. The molecule has 1 aliphatic rings. The monoisotopic (exact) mass is 297 g/mol. The Balaban J connectivity index is 2.81. The van der Waals surface area contributed by atoms with Crippen LogP contribution in [0.4, 0.5) is 0 Å². The number of nitrogens with zero attached hydrogens (tertiary/aromatic N) is 1. The molecule has 0 aliphatic carbocycles. The second-order valence-electron chi connectivity index (χ2n) is 4.62. The van der Waals surface area contributed by atoms with Gasteiger partial charge in [-0.2, -0.15) is 0 Å². The van der Waals surface area contributed by atoms with Gasteiger partial charge >= 0.3 is 5.97 Å². The minimum absolute atomic E-state index is 0.0446. The van der Waals surface area contributed by atoms with Crippen LogP contribution in [0.3, 0.4) is 0 Å². The molecule has 0 bridgehead atoms. The highest BCUT2D eigenvalue weighted by atomic mass is 32.2. The molecule has 1 heterocycles. The first-order valence-corrected chi connectivity index (χ1v) is 7.43. The Bertz CT molecular complexity index is 690. The van der Waals surface area contributed by atoms with Crippen LogP contribution >= 0.6 is 0 Å². The minimum atomic E-state index is -3.87. The lowest BCUT2D eigenvalue weighted by atomic mass is 10.1. The van der Waals surface area contributed by atoms with Gasteiger partial charge in [0.1, 0.15) is 0 Å². The zero-order chi connectivity index (χ0) is 15.1. The Kier molecular flexibility index (Phi) is 3.47. The van der Waals surface area contributed by atoms with Gasteiger partial charge in [-0.15, -0.1) is 0 Å². The Labute approximate surface area is 117 Å². The lowest BCUT2D eigenvalue weighted by molar-refractivity contribution is -0.133. The van der Waals surface area contributed by atoms with Gasteiger partial charge in [0.05, 0.1) is 11.0 Å². The molecule has 20 heavy (non-hydrogen) atoms. The van der Waals surface area contributed by atoms with Gasteiger partial charge < -0.3 is 9.84 Å². The van der Waals surface area contributed by atoms with Crippen molar-refractivity contribution in [2.45, 2.75) is 24.8 Å². The molecule has 7 heteroatoms. The summed E-state index contributed by atoms with van der Waals surface area (Å²) in [5, 5.41) is 9.31. The van der Waals surface area contributed by atoms with E-state index in [-0.39, 0.29) is 28.0 Å². The van der Waals surface area contributed by atoms with Crippen molar-refractivity contribution in [1.29, 1.82) is 0 Å². The Morgan fingerprint density at radius 3 is 2.45 bits per heavy atom. The van der Waals surface area contributed by atoms with Gasteiger partial charge in [0.15, 0.2) is 11.5 Å². The molecule has 0 atom stereocenters. The maximum atomic E-state index is 12.3. The molecule has 1 aromatic rings. The number of carboxylic acids is 1. The largest absolute Gasteiger partial charge is 0.488 e. The van der Waals surface area contributed by atoms with Gasteiger partial charge in [-0.1, -0.05) is 12.1 Å². The minimum Gasteiger partial charge on any atom is -0.488 e. The summed E-state index contributed by atoms with van der Waals surface area (Å²) in [5.74, 6) is -1.28. The third kappa shape index (κ3) is 2.14. The number of likely N-dealkylation sites (N-methyl/N-ethyl adjacent to an activating group) is 1. The standard InChI is InChI=1S/C13H15NO5S/c1-8(2)19-12-9-6-4-5-7-10(9)20(17,18)14(3)11(12)13(15)16/h4-8H,1-3H3,(H,15,16). The Morgan fingerprint density at radius 1 is 1.30 bits per heavy atom. The Hall–Kier alpha value is -2.02. The van der Waals surface area contributed by atoms with E-state index in [4.69, 9.17) is 4.74 Å². The average molecular weight is 297 g/mol. The smallest absolute Gasteiger partial charge is 0.357 e. The van der Waals surface area contributed by atoms with Crippen LogP contribution in [0.15, 0.2) is 34.9 Å². The molecule has 1 aromatic carbocycles. The molecule has 0 aromatic heterocycles. The van der Waals surface area contributed by atoms with E-state index in [1.165, 1.54) is 13.1 Å². The normalized spacial score (nSPS) is 17.1. The summed E-state index contributed by atoms with van der Waals surface area (Å²) in [4.78, 5) is 11.5. The van der Waals surface area contributed by atoms with Crippen molar-refractivity contribution in [1.82, 2.24) is 4.31 Å². The number of aliphatic carboxylic acids is 1. The number of ether oxygens (including phenoxy) is 1. The molecule has 0 spiro atoms. The van der Waals surface area contributed by atoms with Gasteiger partial charge in [-0.25, -0.2) is 13.2 Å². The number of carboxylic acid groups (broad SMARTS) is 1. The van der Waals surface area contributed by atoms with Gasteiger partial charge in [0.25, 0.3) is 10.0 Å². The predicted octanol–water partition coefficient (Wildman–Crippen LogP) is 1.50. The van der Waals surface area contributed by atoms with E-state index in [0.29, 0.717) is 0 Å². The van der Waals surface area contributed by atoms with Crippen molar-refractivity contribution in [3.63, 3.8) is 0 Å². The molecule has 0 radical (unpaired) electrons. The molecule has 0 fully saturated rings. The van der Waals surface area contributed by atoms with Crippen LogP contribution in [0.5, 0.6) is 0 Å². The summed E-state index contributed by atoms with van der Waals surface area (Å²) in [7, 11) is -2.66. The van der Waals surface area contributed by atoms with Crippen molar-refractivity contribution in [3.8, 4) is 0 Å². The van der Waals surface area contributed by atoms with Crippen LogP contribution in [0.1, 0.15) is 19.4 Å². The maximum absolute atomic E-state index is 12.3. The first-order chi connectivity index (χ1) is 9.26. The number of hydrogen-bond donors (Lipinski definition) is 1. The van der Waals surface area contributed by atoms with Crippen molar-refractivity contribution >= 4 is 21.8 Å². The number of hydrogen-bond acceptors (Lipinski definition) is 4. The highest BCUT2D eigenvalue weighted by Crippen LogP contribution is 2.36. The van der Waals surface area contributed by atoms with Crippen molar-refractivity contribution in [2.24, 2.45) is 0 Å². The van der Waals surface area contributed by atoms with Crippen molar-refractivity contribution < 1.29 is 23.1 Å².